The number of morpholine rings is 1. The third-order valence-corrected chi connectivity index (χ3v) is 5.89. The Morgan fingerprint density at radius 1 is 1.38 bits per heavy atom. The summed E-state index contributed by atoms with van der Waals surface area (Å²) in [5, 5.41) is 0. The molecule has 6 heteroatoms. The molecule has 2 aliphatic rings. The lowest BCUT2D eigenvalue weighted by atomic mass is 10.1. The van der Waals surface area contributed by atoms with Gasteiger partial charge in [0.15, 0.2) is 0 Å². The highest BCUT2D eigenvalue weighted by atomic mass is 32.2. The second kappa shape index (κ2) is 9.39. The fourth-order valence-corrected chi connectivity index (χ4v) is 4.50. The highest BCUT2D eigenvalue weighted by molar-refractivity contribution is 7.99. The Balaban J connectivity index is 1.53. The molecule has 0 bridgehead atoms. The van der Waals surface area contributed by atoms with Crippen LogP contribution in [0.25, 0.3) is 0 Å². The van der Waals surface area contributed by atoms with Crippen molar-refractivity contribution in [1.82, 2.24) is 14.8 Å². The molecular formula is C18H27N3O2S. The van der Waals surface area contributed by atoms with Gasteiger partial charge in [-0.25, -0.2) is 0 Å². The highest BCUT2D eigenvalue weighted by Gasteiger charge is 2.27. The first-order valence-electron chi connectivity index (χ1n) is 8.90. The Morgan fingerprint density at radius 2 is 2.25 bits per heavy atom. The van der Waals surface area contributed by atoms with Crippen molar-refractivity contribution in [3.8, 4) is 0 Å². The van der Waals surface area contributed by atoms with E-state index < -0.39 is 0 Å². The molecule has 3 heterocycles. The van der Waals surface area contributed by atoms with Crippen molar-refractivity contribution in [3.63, 3.8) is 0 Å². The Bertz CT molecular complexity index is 502. The van der Waals surface area contributed by atoms with Crippen LogP contribution < -0.4 is 0 Å². The number of thioether (sulfide) groups is 1. The Morgan fingerprint density at radius 3 is 2.96 bits per heavy atom. The molecule has 5 nitrogen and oxygen atoms in total. The summed E-state index contributed by atoms with van der Waals surface area (Å²) in [7, 11) is 0. The minimum atomic E-state index is 0.279. The lowest BCUT2D eigenvalue weighted by molar-refractivity contribution is -0.133. The van der Waals surface area contributed by atoms with Gasteiger partial charge in [0.05, 0.1) is 13.2 Å². The zero-order valence-electron chi connectivity index (χ0n) is 14.2. The van der Waals surface area contributed by atoms with Crippen molar-refractivity contribution >= 4 is 17.7 Å². The number of hydrogen-bond donors (Lipinski definition) is 0. The van der Waals surface area contributed by atoms with Gasteiger partial charge in [0, 0.05) is 56.3 Å². The van der Waals surface area contributed by atoms with Crippen molar-refractivity contribution in [2.45, 2.75) is 25.3 Å². The van der Waals surface area contributed by atoms with E-state index in [1.54, 1.807) is 6.20 Å². The molecule has 1 atom stereocenters. The van der Waals surface area contributed by atoms with Gasteiger partial charge < -0.3 is 9.64 Å². The van der Waals surface area contributed by atoms with E-state index in [4.69, 9.17) is 4.74 Å². The number of nitrogens with zero attached hydrogens (tertiary/aromatic N) is 3. The first kappa shape index (κ1) is 17.7. The van der Waals surface area contributed by atoms with E-state index in [-0.39, 0.29) is 5.91 Å². The monoisotopic (exact) mass is 349 g/mol. The third kappa shape index (κ3) is 5.19. The number of carbonyl (C=O) groups is 1. The molecule has 1 aromatic heterocycles. The number of pyridine rings is 1. The van der Waals surface area contributed by atoms with Crippen molar-refractivity contribution < 1.29 is 9.53 Å². The molecule has 2 aliphatic heterocycles. The molecule has 1 amide bonds. The molecule has 0 saturated carbocycles. The van der Waals surface area contributed by atoms with Crippen LogP contribution in [0.5, 0.6) is 0 Å². The molecule has 0 unspecified atom stereocenters. The first-order valence-corrected chi connectivity index (χ1v) is 10.1. The number of carbonyl (C=O) groups excluding carboxylic acids is 1. The van der Waals surface area contributed by atoms with E-state index in [1.165, 1.54) is 5.75 Å². The summed E-state index contributed by atoms with van der Waals surface area (Å²) in [6, 6.07) is 6.30. The predicted octanol–water partition coefficient (Wildman–Crippen LogP) is 1.68. The molecule has 0 aliphatic carbocycles. The minimum Gasteiger partial charge on any atom is -0.379 e. The lowest BCUT2D eigenvalue weighted by Crippen LogP contribution is -2.47. The van der Waals surface area contributed by atoms with Crippen LogP contribution in [0, 0.1) is 0 Å². The maximum atomic E-state index is 12.8. The summed E-state index contributed by atoms with van der Waals surface area (Å²) in [6.07, 6.45) is 4.21. The van der Waals surface area contributed by atoms with E-state index in [2.05, 4.69) is 14.8 Å². The quantitative estimate of drug-likeness (QED) is 0.749. The van der Waals surface area contributed by atoms with Crippen molar-refractivity contribution in [3.05, 3.63) is 30.1 Å². The average Bonchev–Trinajstić information content (AvgIpc) is 3.16. The third-order valence-electron chi connectivity index (χ3n) is 4.75. The van der Waals surface area contributed by atoms with Crippen LogP contribution in [0.2, 0.25) is 0 Å². The molecule has 1 aromatic rings. The van der Waals surface area contributed by atoms with Crippen LogP contribution in [0.3, 0.4) is 0 Å². The maximum Gasteiger partial charge on any atom is 0.223 e. The van der Waals surface area contributed by atoms with Crippen LogP contribution in [0.1, 0.15) is 18.5 Å². The smallest absolute Gasteiger partial charge is 0.223 e. The second-order valence-electron chi connectivity index (χ2n) is 6.38. The maximum absolute atomic E-state index is 12.8. The number of hydrogen-bond acceptors (Lipinski definition) is 5. The van der Waals surface area contributed by atoms with E-state index in [9.17, 15) is 4.79 Å². The van der Waals surface area contributed by atoms with E-state index in [0.29, 0.717) is 12.5 Å². The summed E-state index contributed by atoms with van der Waals surface area (Å²) < 4.78 is 5.41. The number of rotatable bonds is 7. The zero-order valence-corrected chi connectivity index (χ0v) is 15.0. The topological polar surface area (TPSA) is 45.7 Å². The van der Waals surface area contributed by atoms with Gasteiger partial charge in [0.2, 0.25) is 5.91 Å². The summed E-state index contributed by atoms with van der Waals surface area (Å²) in [6.45, 7) is 5.39. The van der Waals surface area contributed by atoms with Gasteiger partial charge in [0.25, 0.3) is 0 Å². The van der Waals surface area contributed by atoms with Crippen LogP contribution in [0.4, 0.5) is 0 Å². The van der Waals surface area contributed by atoms with Crippen molar-refractivity contribution in [2.75, 3.05) is 50.9 Å². The summed E-state index contributed by atoms with van der Waals surface area (Å²) >= 11 is 1.96. The van der Waals surface area contributed by atoms with Crippen LogP contribution in [0.15, 0.2) is 24.4 Å². The normalized spacial score (nSPS) is 21.8. The van der Waals surface area contributed by atoms with Gasteiger partial charge >= 0.3 is 0 Å². The summed E-state index contributed by atoms with van der Waals surface area (Å²) in [5.74, 6) is 2.53. The van der Waals surface area contributed by atoms with Gasteiger partial charge in [0.1, 0.15) is 0 Å². The average molecular weight is 350 g/mol. The fourth-order valence-electron chi connectivity index (χ4n) is 3.28. The summed E-state index contributed by atoms with van der Waals surface area (Å²) in [5.41, 5.74) is 1.000. The van der Waals surface area contributed by atoms with Gasteiger partial charge in [-0.1, -0.05) is 6.07 Å². The van der Waals surface area contributed by atoms with Gasteiger partial charge in [-0.2, -0.15) is 11.8 Å². The second-order valence-corrected chi connectivity index (χ2v) is 7.53. The predicted molar refractivity (Wildman–Crippen MR) is 97.3 cm³/mol. The first-order chi connectivity index (χ1) is 11.8. The van der Waals surface area contributed by atoms with E-state index in [1.807, 2.05) is 30.0 Å². The van der Waals surface area contributed by atoms with Crippen LogP contribution >= 0.6 is 11.8 Å². The lowest BCUT2D eigenvalue weighted by Gasteiger charge is -2.33. The molecule has 0 N–H and O–H groups in total. The number of aryl methyl sites for hydroxylation is 1. The molecule has 2 saturated heterocycles. The van der Waals surface area contributed by atoms with Crippen LogP contribution in [-0.4, -0.2) is 77.6 Å². The fraction of sp³-hybridized carbons (Fsp3) is 0.667. The summed E-state index contributed by atoms with van der Waals surface area (Å²) in [4.78, 5) is 21.7. The molecule has 0 aromatic carbocycles. The van der Waals surface area contributed by atoms with Gasteiger partial charge in [-0.3, -0.25) is 14.7 Å². The number of amides is 1. The standard InChI is InChI=1S/C18H27N3O2S/c22-18(5-4-16-3-1-2-7-19-16)21(17-6-14-24-15-17)9-8-20-10-12-23-13-11-20/h1-3,7,17H,4-6,8-15H2/t17-/m0/s1. The van der Waals surface area contributed by atoms with Gasteiger partial charge in [-0.15, -0.1) is 0 Å². The van der Waals surface area contributed by atoms with Crippen LogP contribution in [-0.2, 0) is 16.0 Å². The Hall–Kier alpha value is -1.11. The molecule has 24 heavy (non-hydrogen) atoms. The number of aromatic nitrogens is 1. The number of ether oxygens (including phenoxy) is 1. The minimum absolute atomic E-state index is 0.279. The Kier molecular flexibility index (Phi) is 6.93. The van der Waals surface area contributed by atoms with Crippen molar-refractivity contribution in [2.24, 2.45) is 0 Å². The zero-order chi connectivity index (χ0) is 16.6. The van der Waals surface area contributed by atoms with Gasteiger partial charge in [-0.05, 0) is 30.7 Å². The SMILES string of the molecule is O=C(CCc1ccccn1)N(CCN1CCOCC1)[C@H]1CCSC1. The molecular weight excluding hydrogens is 322 g/mol. The Labute approximate surface area is 148 Å². The van der Waals surface area contributed by atoms with E-state index >= 15 is 0 Å². The highest BCUT2D eigenvalue weighted by Crippen LogP contribution is 2.23. The molecule has 0 spiro atoms. The largest absolute Gasteiger partial charge is 0.379 e. The molecule has 2 fully saturated rings. The van der Waals surface area contributed by atoms with Crippen molar-refractivity contribution in [1.29, 1.82) is 0 Å². The molecule has 0 radical (unpaired) electrons. The molecule has 132 valence electrons. The van der Waals surface area contributed by atoms with E-state index in [0.717, 1.165) is 63.7 Å². The molecule has 3 rings (SSSR count).